The molecule has 0 bridgehead atoms. The first-order valence-corrected chi connectivity index (χ1v) is 10.4. The molecule has 0 radical (unpaired) electrons. The van der Waals surface area contributed by atoms with Gasteiger partial charge in [0, 0.05) is 34.2 Å². The van der Waals surface area contributed by atoms with E-state index in [1.807, 2.05) is 83.6 Å². The molecule has 5 aromatic rings. The summed E-state index contributed by atoms with van der Waals surface area (Å²) < 4.78 is 12.7. The number of hydrogen-bond donors (Lipinski definition) is 0. The maximum absolute atomic E-state index is 13.4. The zero-order chi connectivity index (χ0) is 22.1. The number of carbonyl (C=O) groups excluding carboxylic acids is 1. The first-order chi connectivity index (χ1) is 15.6. The van der Waals surface area contributed by atoms with Crippen LogP contribution in [-0.2, 0) is 6.54 Å². The summed E-state index contributed by atoms with van der Waals surface area (Å²) in [5.41, 5.74) is 3.20. The molecule has 7 heteroatoms. The van der Waals surface area contributed by atoms with Crippen LogP contribution in [0.2, 0.25) is 5.02 Å². The number of rotatable bonds is 6. The van der Waals surface area contributed by atoms with Gasteiger partial charge in [-0.1, -0.05) is 47.1 Å². The Bertz CT molecular complexity index is 1410. The normalized spacial score (nSPS) is 11.1. The molecule has 0 aliphatic carbocycles. The summed E-state index contributed by atoms with van der Waals surface area (Å²) in [6, 6.07) is 22.6. The van der Waals surface area contributed by atoms with Gasteiger partial charge in [0.1, 0.15) is 5.75 Å². The fourth-order valence-electron chi connectivity index (χ4n) is 3.64. The SMILES string of the molecule is COc1ccc2c(c1)c(C(=O)c1noc(-c3ccccc3)n1)cn2Cc1ccc(Cl)cc1. The Labute approximate surface area is 189 Å². The van der Waals surface area contributed by atoms with Crippen LogP contribution in [0.4, 0.5) is 0 Å². The fraction of sp³-hybridized carbons (Fsp3) is 0.0800. The van der Waals surface area contributed by atoms with Crippen molar-refractivity contribution >= 4 is 28.3 Å². The summed E-state index contributed by atoms with van der Waals surface area (Å²) in [6.07, 6.45) is 1.82. The molecule has 158 valence electrons. The Morgan fingerprint density at radius 1 is 1.06 bits per heavy atom. The largest absolute Gasteiger partial charge is 0.497 e. The van der Waals surface area contributed by atoms with Crippen LogP contribution in [0.25, 0.3) is 22.4 Å². The average molecular weight is 444 g/mol. The molecule has 0 unspecified atom stereocenters. The van der Waals surface area contributed by atoms with Gasteiger partial charge in [-0.05, 0) is 48.0 Å². The van der Waals surface area contributed by atoms with E-state index < -0.39 is 0 Å². The number of methoxy groups -OCH3 is 1. The summed E-state index contributed by atoms with van der Waals surface area (Å²) in [5.74, 6) is 0.659. The first kappa shape index (κ1) is 20.0. The highest BCUT2D eigenvalue weighted by molar-refractivity contribution is 6.30. The third-order valence-corrected chi connectivity index (χ3v) is 5.50. The predicted octanol–water partition coefficient (Wildman–Crippen LogP) is 5.63. The molecule has 32 heavy (non-hydrogen) atoms. The van der Waals surface area contributed by atoms with Crippen molar-refractivity contribution in [3.8, 4) is 17.2 Å². The van der Waals surface area contributed by atoms with Gasteiger partial charge in [-0.2, -0.15) is 4.98 Å². The molecule has 3 aromatic carbocycles. The van der Waals surface area contributed by atoms with E-state index in [1.54, 1.807) is 7.11 Å². The molecule has 2 aromatic heterocycles. The molecule has 0 saturated heterocycles. The van der Waals surface area contributed by atoms with Crippen LogP contribution < -0.4 is 4.74 Å². The molecule has 0 spiro atoms. The lowest BCUT2D eigenvalue weighted by Crippen LogP contribution is -2.03. The second kappa shape index (κ2) is 8.32. The van der Waals surface area contributed by atoms with Gasteiger partial charge in [0.2, 0.25) is 11.6 Å². The molecule has 6 nitrogen and oxygen atoms in total. The van der Waals surface area contributed by atoms with Crippen LogP contribution in [0.5, 0.6) is 5.75 Å². The van der Waals surface area contributed by atoms with Gasteiger partial charge in [0.05, 0.1) is 12.7 Å². The van der Waals surface area contributed by atoms with Crippen LogP contribution in [0.1, 0.15) is 21.7 Å². The van der Waals surface area contributed by atoms with E-state index in [-0.39, 0.29) is 11.6 Å². The molecule has 2 heterocycles. The number of carbonyl (C=O) groups is 1. The van der Waals surface area contributed by atoms with Crippen molar-refractivity contribution in [2.45, 2.75) is 6.54 Å². The number of benzene rings is 3. The number of hydrogen-bond acceptors (Lipinski definition) is 5. The lowest BCUT2D eigenvalue weighted by Gasteiger charge is -2.06. The van der Waals surface area contributed by atoms with E-state index in [0.29, 0.717) is 28.8 Å². The standard InChI is InChI=1S/C25H18ClN3O3/c1-31-19-11-12-22-20(13-19)21(15-29(22)14-16-7-9-18(26)10-8-16)23(30)24-27-25(32-28-24)17-5-3-2-4-6-17/h2-13,15H,14H2,1H3. The summed E-state index contributed by atoms with van der Waals surface area (Å²) in [7, 11) is 1.60. The zero-order valence-corrected chi connectivity index (χ0v) is 17.9. The Morgan fingerprint density at radius 3 is 2.59 bits per heavy atom. The van der Waals surface area contributed by atoms with E-state index in [2.05, 4.69) is 10.1 Å². The number of aromatic nitrogens is 3. The number of nitrogens with zero attached hydrogens (tertiary/aromatic N) is 3. The van der Waals surface area contributed by atoms with Crippen molar-refractivity contribution < 1.29 is 14.1 Å². The van der Waals surface area contributed by atoms with Crippen LogP contribution in [0.15, 0.2) is 83.5 Å². The molecule has 0 N–H and O–H groups in total. The maximum Gasteiger partial charge on any atom is 0.258 e. The third-order valence-electron chi connectivity index (χ3n) is 5.25. The number of ether oxygens (including phenoxy) is 1. The van der Waals surface area contributed by atoms with Crippen molar-refractivity contribution in [3.05, 3.63) is 101 Å². The zero-order valence-electron chi connectivity index (χ0n) is 17.2. The highest BCUT2D eigenvalue weighted by Crippen LogP contribution is 2.29. The van der Waals surface area contributed by atoms with Gasteiger partial charge in [-0.15, -0.1) is 0 Å². The Morgan fingerprint density at radius 2 is 1.84 bits per heavy atom. The second-order valence-corrected chi connectivity index (χ2v) is 7.73. The second-order valence-electron chi connectivity index (χ2n) is 7.30. The maximum atomic E-state index is 13.4. The van der Waals surface area contributed by atoms with E-state index >= 15 is 0 Å². The molecule has 5 rings (SSSR count). The lowest BCUT2D eigenvalue weighted by molar-refractivity contribution is 0.102. The van der Waals surface area contributed by atoms with Crippen molar-refractivity contribution in [1.82, 2.24) is 14.7 Å². The van der Waals surface area contributed by atoms with Gasteiger partial charge in [-0.25, -0.2) is 0 Å². The quantitative estimate of drug-likeness (QED) is 0.318. The molecular weight excluding hydrogens is 426 g/mol. The van der Waals surface area contributed by atoms with E-state index in [9.17, 15) is 4.79 Å². The highest BCUT2D eigenvalue weighted by atomic mass is 35.5. The Balaban J connectivity index is 1.56. The lowest BCUT2D eigenvalue weighted by atomic mass is 10.1. The minimum atomic E-state index is -0.316. The molecule has 0 aliphatic rings. The molecule has 0 saturated carbocycles. The average Bonchev–Trinajstić information content (AvgIpc) is 3.46. The van der Waals surface area contributed by atoms with E-state index in [0.717, 1.165) is 22.0 Å². The highest BCUT2D eigenvalue weighted by Gasteiger charge is 2.22. The first-order valence-electron chi connectivity index (χ1n) is 9.97. The number of halogens is 1. The van der Waals surface area contributed by atoms with Gasteiger partial charge in [0.25, 0.3) is 5.89 Å². The summed E-state index contributed by atoms with van der Waals surface area (Å²) >= 11 is 6.01. The number of ketones is 1. The predicted molar refractivity (Wildman–Crippen MR) is 122 cm³/mol. The van der Waals surface area contributed by atoms with E-state index in [4.69, 9.17) is 20.9 Å². The Hall–Kier alpha value is -3.90. The number of fused-ring (bicyclic) bond motifs is 1. The fourth-order valence-corrected chi connectivity index (χ4v) is 3.76. The minimum Gasteiger partial charge on any atom is -0.497 e. The summed E-state index contributed by atoms with van der Waals surface area (Å²) in [6.45, 7) is 0.578. The van der Waals surface area contributed by atoms with Crippen molar-refractivity contribution in [1.29, 1.82) is 0 Å². The monoisotopic (exact) mass is 443 g/mol. The van der Waals surface area contributed by atoms with Gasteiger partial charge in [-0.3, -0.25) is 4.79 Å². The molecule has 0 aliphatic heterocycles. The molecular formula is C25H18ClN3O3. The van der Waals surface area contributed by atoms with Crippen LogP contribution in [0, 0.1) is 0 Å². The van der Waals surface area contributed by atoms with Crippen LogP contribution in [0.3, 0.4) is 0 Å². The third kappa shape index (κ3) is 3.76. The summed E-state index contributed by atoms with van der Waals surface area (Å²) in [4.78, 5) is 17.7. The smallest absolute Gasteiger partial charge is 0.258 e. The Kier molecular flexibility index (Phi) is 5.21. The van der Waals surface area contributed by atoms with Gasteiger partial charge in [0.15, 0.2) is 0 Å². The molecule has 0 fully saturated rings. The molecule has 0 amide bonds. The molecule has 0 atom stereocenters. The topological polar surface area (TPSA) is 70.2 Å². The summed E-state index contributed by atoms with van der Waals surface area (Å²) in [5, 5.41) is 5.37. The van der Waals surface area contributed by atoms with Crippen LogP contribution >= 0.6 is 11.6 Å². The van der Waals surface area contributed by atoms with Crippen molar-refractivity contribution in [2.24, 2.45) is 0 Å². The van der Waals surface area contributed by atoms with E-state index in [1.165, 1.54) is 0 Å². The van der Waals surface area contributed by atoms with Gasteiger partial charge >= 0.3 is 0 Å². The van der Waals surface area contributed by atoms with Crippen molar-refractivity contribution in [3.63, 3.8) is 0 Å². The van der Waals surface area contributed by atoms with Gasteiger partial charge < -0.3 is 13.8 Å². The van der Waals surface area contributed by atoms with Crippen LogP contribution in [-0.4, -0.2) is 27.6 Å². The van der Waals surface area contributed by atoms with Crippen molar-refractivity contribution in [2.75, 3.05) is 7.11 Å². The minimum absolute atomic E-state index is 0.0113.